The Morgan fingerprint density at radius 2 is 1.81 bits per heavy atom. The molecule has 5 amide bonds. The van der Waals surface area contributed by atoms with Crippen molar-refractivity contribution >= 4 is 45.6 Å². The number of nitrogens with zero attached hydrogens (tertiary/aromatic N) is 4. The molecule has 3 aliphatic rings. The Kier molecular flexibility index (Phi) is 10.9. The van der Waals surface area contributed by atoms with Gasteiger partial charge in [-0.15, -0.1) is 6.58 Å². The second-order valence-electron chi connectivity index (χ2n) is 15.8. The number of nitriles is 1. The lowest BCUT2D eigenvalue weighted by molar-refractivity contribution is -0.143. The number of carbonyl (C=O) groups is 5. The molecular weight excluding hydrogens is 721 g/mol. The highest BCUT2D eigenvalue weighted by atomic mass is 32.2. The molecular formula is C36H46N8O9S. The van der Waals surface area contributed by atoms with Crippen LogP contribution in [0.15, 0.2) is 49.3 Å². The van der Waals surface area contributed by atoms with E-state index in [1.165, 1.54) is 27.9 Å². The predicted octanol–water partition coefficient (Wildman–Crippen LogP) is 2.87. The standard InChI is InChI=1S/C36H46N8O9S/c1-8-22-18-36(22,31(47)42-54(50,51)24-11-12-24)41-29(45)27-17-23(20-43(27)30(46)28(34(2,3)4)40-33(49)53-35(5,6)7)52-32(48)39-25-16-21(19-37)10-13-26(25)44-15-9-14-38-44/h8-10,13-16,22-24,27-28H,1,11-12,17-18,20H2,2-7H3,(H,39,48)(H,40,49)(H,41,45)(H,42,47). The van der Waals surface area contributed by atoms with Gasteiger partial charge in [-0.3, -0.25) is 24.4 Å². The van der Waals surface area contributed by atoms with Gasteiger partial charge in [0.15, 0.2) is 0 Å². The summed E-state index contributed by atoms with van der Waals surface area (Å²) in [4.78, 5) is 69.4. The molecule has 290 valence electrons. The van der Waals surface area contributed by atoms with E-state index < -0.39 is 85.8 Å². The summed E-state index contributed by atoms with van der Waals surface area (Å²) in [7, 11) is -3.95. The zero-order valence-electron chi connectivity index (χ0n) is 31.0. The smallest absolute Gasteiger partial charge is 0.412 e. The molecule has 2 saturated carbocycles. The van der Waals surface area contributed by atoms with Crippen molar-refractivity contribution in [1.29, 1.82) is 5.26 Å². The van der Waals surface area contributed by atoms with Gasteiger partial charge in [-0.05, 0) is 69.7 Å². The SMILES string of the molecule is C=CC1CC1(NC(=O)C1CC(OC(=O)Nc2cc(C#N)ccc2-n2cccn2)CN1C(=O)C(NC(=O)OC(C)(C)C)C(C)(C)C)C(=O)NS(=O)(=O)C1CC1. The van der Waals surface area contributed by atoms with Crippen molar-refractivity contribution in [3.8, 4) is 11.8 Å². The van der Waals surface area contributed by atoms with Gasteiger partial charge in [0.1, 0.15) is 29.3 Å². The number of anilines is 1. The van der Waals surface area contributed by atoms with Crippen molar-refractivity contribution < 1.29 is 41.9 Å². The second kappa shape index (κ2) is 14.8. The number of nitrogens with one attached hydrogen (secondary N) is 4. The van der Waals surface area contributed by atoms with Gasteiger partial charge < -0.3 is 25.0 Å². The Morgan fingerprint density at radius 1 is 1.11 bits per heavy atom. The summed E-state index contributed by atoms with van der Waals surface area (Å²) in [6.07, 6.45) is 2.44. The van der Waals surface area contributed by atoms with E-state index in [0.29, 0.717) is 18.5 Å². The van der Waals surface area contributed by atoms with E-state index in [9.17, 15) is 37.7 Å². The lowest BCUT2D eigenvalue weighted by Gasteiger charge is -2.36. The van der Waals surface area contributed by atoms with Crippen molar-refractivity contribution in [1.82, 2.24) is 30.0 Å². The molecule has 5 rings (SSSR count). The third kappa shape index (κ3) is 9.01. The first-order chi connectivity index (χ1) is 25.2. The number of likely N-dealkylation sites (tertiary alicyclic amines) is 1. The van der Waals surface area contributed by atoms with Crippen LogP contribution < -0.4 is 20.7 Å². The minimum atomic E-state index is -3.95. The molecule has 54 heavy (non-hydrogen) atoms. The molecule has 1 saturated heterocycles. The third-order valence-electron chi connectivity index (χ3n) is 9.26. The molecule has 4 N–H and O–H groups in total. The second-order valence-corrected chi connectivity index (χ2v) is 17.8. The van der Waals surface area contributed by atoms with Crippen molar-refractivity contribution in [2.75, 3.05) is 11.9 Å². The van der Waals surface area contributed by atoms with Gasteiger partial charge in [-0.25, -0.2) is 22.7 Å². The number of alkyl carbamates (subject to hydrolysis) is 1. The first kappa shape index (κ1) is 39.8. The van der Waals surface area contributed by atoms with Crippen molar-refractivity contribution in [3.63, 3.8) is 0 Å². The first-order valence-electron chi connectivity index (χ1n) is 17.5. The van der Waals surface area contributed by atoms with Crippen LogP contribution >= 0.6 is 0 Å². The van der Waals surface area contributed by atoms with E-state index in [4.69, 9.17) is 9.47 Å². The Balaban J connectivity index is 1.41. The number of hydrogen-bond acceptors (Lipinski definition) is 11. The zero-order chi connectivity index (χ0) is 39.8. The Hall–Kier alpha value is -5.44. The molecule has 2 aromatic rings. The maximum absolute atomic E-state index is 14.4. The topological polar surface area (TPSA) is 231 Å². The average Bonchev–Trinajstić information content (AvgIpc) is 3.94. The molecule has 18 heteroatoms. The van der Waals surface area contributed by atoms with Gasteiger partial charge in [0.25, 0.3) is 5.91 Å². The van der Waals surface area contributed by atoms with E-state index in [1.54, 1.807) is 65.9 Å². The number of rotatable bonds is 11. The largest absolute Gasteiger partial charge is 0.444 e. The highest BCUT2D eigenvalue weighted by molar-refractivity contribution is 7.91. The van der Waals surface area contributed by atoms with Crippen molar-refractivity contribution in [3.05, 3.63) is 54.9 Å². The molecule has 17 nitrogen and oxygen atoms in total. The van der Waals surface area contributed by atoms with Gasteiger partial charge in [0.2, 0.25) is 21.8 Å². The third-order valence-corrected chi connectivity index (χ3v) is 11.1. The number of benzene rings is 1. The van der Waals surface area contributed by atoms with Crippen LogP contribution in [0.4, 0.5) is 15.3 Å². The summed E-state index contributed by atoms with van der Waals surface area (Å²) in [6, 6.07) is 5.74. The molecule has 0 spiro atoms. The lowest BCUT2D eigenvalue weighted by atomic mass is 9.85. The number of hydrogen-bond donors (Lipinski definition) is 4. The number of sulfonamides is 1. The van der Waals surface area contributed by atoms with Crippen LogP contribution in [0.1, 0.15) is 72.8 Å². The van der Waals surface area contributed by atoms with E-state index in [2.05, 4.69) is 32.4 Å². The molecule has 2 heterocycles. The Morgan fingerprint density at radius 3 is 2.37 bits per heavy atom. The highest BCUT2D eigenvalue weighted by Crippen LogP contribution is 2.45. The Bertz CT molecular complexity index is 1980. The number of amides is 5. The number of carbonyl (C=O) groups excluding carboxylic acids is 5. The van der Waals surface area contributed by atoms with Crippen molar-refractivity contribution in [2.24, 2.45) is 11.3 Å². The fraction of sp³-hybridized carbons (Fsp3) is 0.528. The number of aromatic nitrogens is 2. The maximum atomic E-state index is 14.4. The highest BCUT2D eigenvalue weighted by Gasteiger charge is 2.62. The van der Waals surface area contributed by atoms with E-state index in [1.807, 2.05) is 6.07 Å². The molecule has 0 radical (unpaired) electrons. The molecule has 2 aliphatic carbocycles. The molecule has 3 fully saturated rings. The minimum Gasteiger partial charge on any atom is -0.444 e. The first-order valence-corrected chi connectivity index (χ1v) is 19.0. The van der Waals surface area contributed by atoms with Gasteiger partial charge >= 0.3 is 12.2 Å². The van der Waals surface area contributed by atoms with Crippen LogP contribution in [0, 0.1) is 22.7 Å². The fourth-order valence-corrected chi connectivity index (χ4v) is 7.61. The molecule has 1 aromatic carbocycles. The van der Waals surface area contributed by atoms with Crippen LogP contribution in [0.2, 0.25) is 0 Å². The van der Waals surface area contributed by atoms with E-state index in [0.717, 1.165) is 0 Å². The van der Waals surface area contributed by atoms with Crippen LogP contribution in [0.5, 0.6) is 0 Å². The van der Waals surface area contributed by atoms with Crippen LogP contribution in [-0.2, 0) is 33.9 Å². The normalized spacial score (nSPS) is 22.9. The quantitative estimate of drug-likeness (QED) is 0.243. The van der Waals surface area contributed by atoms with E-state index >= 15 is 0 Å². The number of ether oxygens (including phenoxy) is 2. The van der Waals surface area contributed by atoms with Crippen LogP contribution in [0.25, 0.3) is 5.69 Å². The average molecular weight is 767 g/mol. The Labute approximate surface area is 313 Å². The minimum absolute atomic E-state index is 0.0718. The van der Waals surface area contributed by atoms with Gasteiger partial charge in [-0.1, -0.05) is 26.8 Å². The summed E-state index contributed by atoms with van der Waals surface area (Å²) in [6.45, 7) is 13.6. The predicted molar refractivity (Wildman–Crippen MR) is 194 cm³/mol. The van der Waals surface area contributed by atoms with Crippen LogP contribution in [0.3, 0.4) is 0 Å². The molecule has 0 bridgehead atoms. The van der Waals surface area contributed by atoms with Gasteiger partial charge in [0, 0.05) is 24.7 Å². The monoisotopic (exact) mass is 766 g/mol. The summed E-state index contributed by atoms with van der Waals surface area (Å²) in [5, 5.41) is 20.9. The molecule has 1 aromatic heterocycles. The summed E-state index contributed by atoms with van der Waals surface area (Å²) < 4.78 is 40.1. The van der Waals surface area contributed by atoms with Crippen LogP contribution in [-0.4, -0.2) is 94.1 Å². The maximum Gasteiger partial charge on any atom is 0.412 e. The zero-order valence-corrected chi connectivity index (χ0v) is 31.9. The summed E-state index contributed by atoms with van der Waals surface area (Å²) in [5.41, 5.74) is -2.53. The van der Waals surface area contributed by atoms with Crippen molar-refractivity contribution in [2.45, 2.75) is 102 Å². The van der Waals surface area contributed by atoms with E-state index in [-0.39, 0.29) is 30.6 Å². The lowest BCUT2D eigenvalue weighted by Crippen LogP contribution is -2.60. The van der Waals surface area contributed by atoms with Gasteiger partial charge in [0.05, 0.1) is 34.8 Å². The summed E-state index contributed by atoms with van der Waals surface area (Å²) >= 11 is 0. The summed E-state index contributed by atoms with van der Waals surface area (Å²) in [5.74, 6) is -3.00. The van der Waals surface area contributed by atoms with Gasteiger partial charge in [-0.2, -0.15) is 10.4 Å². The molecule has 1 aliphatic heterocycles. The fourth-order valence-electron chi connectivity index (χ4n) is 6.24. The molecule has 5 unspecified atom stereocenters. The molecule has 5 atom stereocenters.